The second-order valence-corrected chi connectivity index (χ2v) is 8.16. The summed E-state index contributed by atoms with van der Waals surface area (Å²) in [6, 6.07) is 6.94. The Labute approximate surface area is 175 Å². The lowest BCUT2D eigenvalue weighted by Crippen LogP contribution is -2.53. The lowest BCUT2D eigenvalue weighted by Gasteiger charge is -2.35. The standard InChI is InChI=1S/C22H27N3O5/c1-30-16-8-6-15(7-9-16)20(27)24-12-10-23(11-13-24)19(26)14-25-21(28)17-4-2-3-5-18(17)22(25)29/h6-9,17-18H,2-5,10-14H2,1H3. The zero-order chi connectivity index (χ0) is 21.3. The Morgan fingerprint density at radius 3 is 1.97 bits per heavy atom. The summed E-state index contributed by atoms with van der Waals surface area (Å²) in [5, 5.41) is 0. The number of nitrogens with zero attached hydrogens (tertiary/aromatic N) is 3. The molecule has 30 heavy (non-hydrogen) atoms. The van der Waals surface area contributed by atoms with Gasteiger partial charge in [0.15, 0.2) is 0 Å². The minimum atomic E-state index is -0.238. The van der Waals surface area contributed by atoms with Gasteiger partial charge in [0, 0.05) is 31.7 Å². The van der Waals surface area contributed by atoms with Crippen LogP contribution in [0.25, 0.3) is 0 Å². The molecule has 0 radical (unpaired) electrons. The number of imide groups is 1. The third kappa shape index (κ3) is 3.78. The van der Waals surface area contributed by atoms with E-state index in [2.05, 4.69) is 0 Å². The first-order valence-electron chi connectivity index (χ1n) is 10.6. The number of hydrogen-bond donors (Lipinski definition) is 0. The summed E-state index contributed by atoms with van der Waals surface area (Å²) in [5.41, 5.74) is 0.575. The summed E-state index contributed by atoms with van der Waals surface area (Å²) < 4.78 is 5.11. The van der Waals surface area contributed by atoms with Crippen molar-refractivity contribution in [1.82, 2.24) is 14.7 Å². The molecule has 0 spiro atoms. The van der Waals surface area contributed by atoms with Crippen LogP contribution in [0.3, 0.4) is 0 Å². The summed E-state index contributed by atoms with van der Waals surface area (Å²) in [7, 11) is 1.57. The second-order valence-electron chi connectivity index (χ2n) is 8.16. The molecule has 2 saturated heterocycles. The Balaban J connectivity index is 1.31. The van der Waals surface area contributed by atoms with Gasteiger partial charge in [-0.15, -0.1) is 0 Å². The maximum Gasteiger partial charge on any atom is 0.253 e. The highest BCUT2D eigenvalue weighted by molar-refractivity contribution is 6.07. The minimum absolute atomic E-state index is 0.0845. The molecule has 0 N–H and O–H groups in total. The molecule has 3 aliphatic rings. The molecule has 3 fully saturated rings. The van der Waals surface area contributed by atoms with E-state index in [4.69, 9.17) is 4.74 Å². The van der Waals surface area contributed by atoms with Gasteiger partial charge in [-0.25, -0.2) is 0 Å². The van der Waals surface area contributed by atoms with Crippen molar-refractivity contribution in [3.63, 3.8) is 0 Å². The molecule has 2 aliphatic heterocycles. The van der Waals surface area contributed by atoms with Crippen molar-refractivity contribution in [3.05, 3.63) is 29.8 Å². The van der Waals surface area contributed by atoms with Gasteiger partial charge in [0.2, 0.25) is 17.7 Å². The molecule has 2 heterocycles. The van der Waals surface area contributed by atoms with Gasteiger partial charge in [-0.1, -0.05) is 12.8 Å². The van der Waals surface area contributed by atoms with E-state index in [0.717, 1.165) is 30.6 Å². The lowest BCUT2D eigenvalue weighted by atomic mass is 9.81. The van der Waals surface area contributed by atoms with E-state index >= 15 is 0 Å². The van der Waals surface area contributed by atoms with Gasteiger partial charge >= 0.3 is 0 Å². The largest absolute Gasteiger partial charge is 0.497 e. The molecule has 0 bridgehead atoms. The van der Waals surface area contributed by atoms with E-state index in [1.807, 2.05) is 0 Å². The smallest absolute Gasteiger partial charge is 0.253 e. The zero-order valence-corrected chi connectivity index (χ0v) is 17.2. The normalized spacial score (nSPS) is 24.1. The quantitative estimate of drug-likeness (QED) is 0.692. The van der Waals surface area contributed by atoms with Crippen molar-refractivity contribution in [1.29, 1.82) is 0 Å². The Morgan fingerprint density at radius 2 is 1.43 bits per heavy atom. The molecule has 2 atom stereocenters. The summed E-state index contributed by atoms with van der Waals surface area (Å²) in [4.78, 5) is 55.1. The third-order valence-electron chi connectivity index (χ3n) is 6.48. The Kier molecular flexibility index (Phi) is 5.74. The maximum atomic E-state index is 12.7. The fourth-order valence-electron chi connectivity index (χ4n) is 4.70. The average molecular weight is 413 g/mol. The average Bonchev–Trinajstić information content (AvgIpc) is 3.04. The van der Waals surface area contributed by atoms with Crippen LogP contribution >= 0.6 is 0 Å². The number of likely N-dealkylation sites (tertiary alicyclic amines) is 1. The van der Waals surface area contributed by atoms with Gasteiger partial charge in [-0.05, 0) is 37.1 Å². The summed E-state index contributed by atoms with van der Waals surface area (Å²) >= 11 is 0. The summed E-state index contributed by atoms with van der Waals surface area (Å²) in [6.45, 7) is 1.44. The first-order chi connectivity index (χ1) is 14.5. The number of hydrogen-bond acceptors (Lipinski definition) is 5. The first kappa shape index (κ1) is 20.4. The molecular formula is C22H27N3O5. The molecule has 1 aromatic carbocycles. The predicted octanol–water partition coefficient (Wildman–Crippen LogP) is 1.15. The van der Waals surface area contributed by atoms with Crippen molar-refractivity contribution in [3.8, 4) is 5.75 Å². The monoisotopic (exact) mass is 413 g/mol. The van der Waals surface area contributed by atoms with E-state index in [0.29, 0.717) is 37.5 Å². The number of benzene rings is 1. The van der Waals surface area contributed by atoms with Crippen LogP contribution < -0.4 is 4.74 Å². The van der Waals surface area contributed by atoms with Crippen molar-refractivity contribution < 1.29 is 23.9 Å². The fourth-order valence-corrected chi connectivity index (χ4v) is 4.70. The van der Waals surface area contributed by atoms with E-state index in [9.17, 15) is 19.2 Å². The molecule has 8 nitrogen and oxygen atoms in total. The zero-order valence-electron chi connectivity index (χ0n) is 17.2. The van der Waals surface area contributed by atoms with Crippen molar-refractivity contribution in [2.45, 2.75) is 25.7 Å². The van der Waals surface area contributed by atoms with E-state index in [1.54, 1.807) is 41.2 Å². The molecule has 0 aromatic heterocycles. The SMILES string of the molecule is COc1ccc(C(=O)N2CCN(C(=O)CN3C(=O)C4CCCCC4C3=O)CC2)cc1. The highest BCUT2D eigenvalue weighted by atomic mass is 16.5. The van der Waals surface area contributed by atoms with Gasteiger partial charge in [0.25, 0.3) is 5.91 Å². The number of amides is 4. The van der Waals surface area contributed by atoms with Gasteiger partial charge in [0.05, 0.1) is 18.9 Å². The van der Waals surface area contributed by atoms with Crippen LogP contribution in [0.1, 0.15) is 36.0 Å². The van der Waals surface area contributed by atoms with Crippen LogP contribution in [-0.4, -0.2) is 78.2 Å². The molecule has 1 aliphatic carbocycles. The lowest BCUT2D eigenvalue weighted by molar-refractivity contribution is -0.147. The molecular weight excluding hydrogens is 386 g/mol. The Morgan fingerprint density at radius 1 is 0.900 bits per heavy atom. The van der Waals surface area contributed by atoms with Crippen molar-refractivity contribution in [2.24, 2.45) is 11.8 Å². The van der Waals surface area contributed by atoms with Crippen molar-refractivity contribution in [2.75, 3.05) is 39.8 Å². The fraction of sp³-hybridized carbons (Fsp3) is 0.545. The number of methoxy groups -OCH3 is 1. The van der Waals surface area contributed by atoms with Gasteiger partial charge in [0.1, 0.15) is 12.3 Å². The van der Waals surface area contributed by atoms with Crippen LogP contribution in [0, 0.1) is 11.8 Å². The topological polar surface area (TPSA) is 87.2 Å². The Bertz CT molecular complexity index is 821. The maximum absolute atomic E-state index is 12.7. The van der Waals surface area contributed by atoms with Crippen LogP contribution in [0.15, 0.2) is 24.3 Å². The second kappa shape index (κ2) is 8.45. The minimum Gasteiger partial charge on any atom is -0.497 e. The number of carbonyl (C=O) groups is 4. The summed E-state index contributed by atoms with van der Waals surface area (Å²) in [5.74, 6) is -0.479. The Hall–Kier alpha value is -2.90. The molecule has 8 heteroatoms. The van der Waals surface area contributed by atoms with Crippen LogP contribution in [0.2, 0.25) is 0 Å². The third-order valence-corrected chi connectivity index (χ3v) is 6.48. The number of rotatable bonds is 4. The molecule has 4 rings (SSSR count). The van der Waals surface area contributed by atoms with Crippen molar-refractivity contribution >= 4 is 23.6 Å². The van der Waals surface area contributed by atoms with E-state index < -0.39 is 0 Å². The highest BCUT2D eigenvalue weighted by Crippen LogP contribution is 2.37. The first-order valence-corrected chi connectivity index (χ1v) is 10.6. The van der Waals surface area contributed by atoms with Gasteiger partial charge < -0.3 is 14.5 Å². The number of ether oxygens (including phenoxy) is 1. The van der Waals surface area contributed by atoms with Crippen LogP contribution in [0.5, 0.6) is 5.75 Å². The summed E-state index contributed by atoms with van der Waals surface area (Å²) in [6.07, 6.45) is 3.41. The highest BCUT2D eigenvalue weighted by Gasteiger charge is 2.48. The van der Waals surface area contributed by atoms with Crippen LogP contribution in [0.4, 0.5) is 0 Å². The number of piperazine rings is 1. The van der Waals surface area contributed by atoms with E-state index in [-0.39, 0.29) is 42.0 Å². The van der Waals surface area contributed by atoms with Crippen LogP contribution in [-0.2, 0) is 14.4 Å². The molecule has 160 valence electrons. The number of carbonyl (C=O) groups excluding carboxylic acids is 4. The predicted molar refractivity (Wildman–Crippen MR) is 108 cm³/mol. The van der Waals surface area contributed by atoms with Gasteiger partial charge in [-0.3, -0.25) is 24.1 Å². The molecule has 4 amide bonds. The van der Waals surface area contributed by atoms with Gasteiger partial charge in [-0.2, -0.15) is 0 Å². The van der Waals surface area contributed by atoms with E-state index in [1.165, 1.54) is 0 Å². The molecule has 1 aromatic rings. The number of fused-ring (bicyclic) bond motifs is 1. The molecule has 1 saturated carbocycles. The molecule has 2 unspecified atom stereocenters.